The van der Waals surface area contributed by atoms with Gasteiger partial charge in [-0.05, 0) is 63.3 Å². The smallest absolute Gasteiger partial charge is 0.249 e. The Hall–Kier alpha value is -1.87. The number of aromatic nitrogens is 2. The van der Waals surface area contributed by atoms with Gasteiger partial charge in [-0.3, -0.25) is 4.79 Å². The molecule has 3 rings (SSSR count). The van der Waals surface area contributed by atoms with Crippen LogP contribution in [0.2, 0.25) is 0 Å². The number of carbonyl (C=O) groups excluding carboxylic acids is 1. The van der Waals surface area contributed by atoms with Gasteiger partial charge in [0.25, 0.3) is 0 Å². The molecule has 1 atom stereocenters. The zero-order chi connectivity index (χ0) is 20.6. The minimum atomic E-state index is -0.282. The van der Waals surface area contributed by atoms with Gasteiger partial charge in [0.2, 0.25) is 11.9 Å². The quantitative estimate of drug-likeness (QED) is 0.566. The number of amides is 1. The van der Waals surface area contributed by atoms with E-state index in [1.165, 1.54) is 0 Å². The first kappa shape index (κ1) is 20.9. The highest BCUT2D eigenvalue weighted by Crippen LogP contribution is 2.37. The predicted octanol–water partition coefficient (Wildman–Crippen LogP) is 4.67. The first-order chi connectivity index (χ1) is 13.2. The zero-order valence-electron chi connectivity index (χ0n) is 16.2. The van der Waals surface area contributed by atoms with Crippen molar-refractivity contribution in [3.05, 3.63) is 27.3 Å². The Labute approximate surface area is 181 Å². The molecule has 1 aliphatic rings. The van der Waals surface area contributed by atoms with Crippen LogP contribution in [0.4, 0.5) is 23.1 Å². The molecule has 1 amide bonds. The normalized spacial score (nSPS) is 16.5. The Kier molecular flexibility index (Phi) is 6.14. The van der Waals surface area contributed by atoms with Crippen LogP contribution in [0.15, 0.2) is 27.3 Å². The molecule has 0 bridgehead atoms. The summed E-state index contributed by atoms with van der Waals surface area (Å²) in [5.74, 6) is 1.85. The second-order valence-electron chi connectivity index (χ2n) is 7.27. The summed E-state index contributed by atoms with van der Waals surface area (Å²) in [6.45, 7) is 6.98. The van der Waals surface area contributed by atoms with Crippen molar-refractivity contribution < 1.29 is 9.90 Å². The fourth-order valence-corrected chi connectivity index (χ4v) is 4.24. The van der Waals surface area contributed by atoms with Crippen molar-refractivity contribution in [1.29, 1.82) is 0 Å². The minimum Gasteiger partial charge on any atom is -0.506 e. The highest BCUT2D eigenvalue weighted by molar-refractivity contribution is 9.11. The third-order valence-electron chi connectivity index (χ3n) is 4.76. The van der Waals surface area contributed by atoms with Gasteiger partial charge in [0.1, 0.15) is 17.5 Å². The number of fused-ring (bicyclic) bond motifs is 1. The lowest BCUT2D eigenvalue weighted by molar-refractivity contribution is -0.119. The van der Waals surface area contributed by atoms with E-state index in [-0.39, 0.29) is 17.7 Å². The van der Waals surface area contributed by atoms with Crippen LogP contribution in [0.5, 0.6) is 5.75 Å². The van der Waals surface area contributed by atoms with E-state index in [2.05, 4.69) is 56.0 Å². The number of nitrogens with one attached hydrogen (secondary N) is 1. The topological polar surface area (TPSA) is 81.6 Å². The highest BCUT2D eigenvalue weighted by Gasteiger charge is 2.35. The maximum Gasteiger partial charge on any atom is 0.249 e. The summed E-state index contributed by atoms with van der Waals surface area (Å²) < 4.78 is 1.11. The molecule has 9 heteroatoms. The Morgan fingerprint density at radius 3 is 2.54 bits per heavy atom. The molecule has 2 heterocycles. The van der Waals surface area contributed by atoms with Crippen molar-refractivity contribution in [2.45, 2.75) is 33.2 Å². The molecule has 7 nitrogen and oxygen atoms in total. The standard InChI is InChI=1S/C19H23Br2N5O2/c1-10(2)5-6-26-11(3)18(28)25(4)15-9-22-19(24-17(15)26)23-12-7-13(20)16(27)14(21)8-12/h7-11,27H,5-6H2,1-4H3,(H,22,23,24). The third-order valence-corrected chi connectivity index (χ3v) is 5.97. The van der Waals surface area contributed by atoms with E-state index in [4.69, 9.17) is 4.98 Å². The number of anilines is 4. The van der Waals surface area contributed by atoms with Gasteiger partial charge < -0.3 is 20.2 Å². The number of aromatic hydroxyl groups is 1. The summed E-state index contributed by atoms with van der Waals surface area (Å²) in [4.78, 5) is 25.3. The fraction of sp³-hybridized carbons (Fsp3) is 0.421. The van der Waals surface area contributed by atoms with E-state index < -0.39 is 0 Å². The van der Waals surface area contributed by atoms with Crippen LogP contribution in [-0.2, 0) is 4.79 Å². The average Bonchev–Trinajstić information content (AvgIpc) is 2.64. The van der Waals surface area contributed by atoms with E-state index in [0.717, 1.165) is 24.5 Å². The summed E-state index contributed by atoms with van der Waals surface area (Å²) in [5, 5.41) is 13.0. The van der Waals surface area contributed by atoms with Crippen molar-refractivity contribution in [2.75, 3.05) is 28.7 Å². The molecule has 150 valence electrons. The van der Waals surface area contributed by atoms with Crippen molar-refractivity contribution in [3.8, 4) is 5.75 Å². The number of hydrogen-bond acceptors (Lipinski definition) is 6. The van der Waals surface area contributed by atoms with Crippen molar-refractivity contribution in [3.63, 3.8) is 0 Å². The van der Waals surface area contributed by atoms with Crippen LogP contribution in [0.25, 0.3) is 0 Å². The van der Waals surface area contributed by atoms with Gasteiger partial charge in [-0.15, -0.1) is 0 Å². The molecule has 2 N–H and O–H groups in total. The van der Waals surface area contributed by atoms with Gasteiger partial charge in [-0.2, -0.15) is 4.98 Å². The van der Waals surface area contributed by atoms with E-state index in [1.54, 1.807) is 30.3 Å². The molecule has 2 aromatic rings. The fourth-order valence-electron chi connectivity index (χ4n) is 3.05. The van der Waals surface area contributed by atoms with Gasteiger partial charge in [-0.25, -0.2) is 4.98 Å². The second-order valence-corrected chi connectivity index (χ2v) is 8.97. The van der Waals surface area contributed by atoms with Crippen LogP contribution < -0.4 is 15.1 Å². The predicted molar refractivity (Wildman–Crippen MR) is 118 cm³/mol. The van der Waals surface area contributed by atoms with E-state index in [9.17, 15) is 9.90 Å². The zero-order valence-corrected chi connectivity index (χ0v) is 19.4. The summed E-state index contributed by atoms with van der Waals surface area (Å²) in [5.41, 5.74) is 1.42. The van der Waals surface area contributed by atoms with Crippen LogP contribution >= 0.6 is 31.9 Å². The number of rotatable bonds is 5. The number of hydrogen-bond donors (Lipinski definition) is 2. The summed E-state index contributed by atoms with van der Waals surface area (Å²) in [6, 6.07) is 3.21. The van der Waals surface area contributed by atoms with E-state index in [1.807, 2.05) is 11.8 Å². The van der Waals surface area contributed by atoms with Crippen LogP contribution in [-0.4, -0.2) is 40.6 Å². The van der Waals surface area contributed by atoms with Gasteiger partial charge >= 0.3 is 0 Å². The van der Waals surface area contributed by atoms with Crippen LogP contribution in [0, 0.1) is 5.92 Å². The van der Waals surface area contributed by atoms with Gasteiger partial charge in [0, 0.05) is 19.3 Å². The lowest BCUT2D eigenvalue weighted by atomic mass is 10.1. The summed E-state index contributed by atoms with van der Waals surface area (Å²) >= 11 is 6.65. The highest BCUT2D eigenvalue weighted by atomic mass is 79.9. The monoisotopic (exact) mass is 511 g/mol. The molecule has 1 unspecified atom stereocenters. The summed E-state index contributed by atoms with van der Waals surface area (Å²) in [6.07, 6.45) is 2.63. The number of nitrogens with zero attached hydrogens (tertiary/aromatic N) is 4. The molecule has 0 aliphatic carbocycles. The lowest BCUT2D eigenvalue weighted by Crippen LogP contribution is -2.51. The largest absolute Gasteiger partial charge is 0.506 e. The van der Waals surface area contributed by atoms with Crippen molar-refractivity contribution in [2.24, 2.45) is 5.92 Å². The first-order valence-electron chi connectivity index (χ1n) is 9.05. The lowest BCUT2D eigenvalue weighted by Gasteiger charge is -2.39. The van der Waals surface area contributed by atoms with Crippen LogP contribution in [0.1, 0.15) is 27.2 Å². The van der Waals surface area contributed by atoms with Gasteiger partial charge in [0.05, 0.1) is 15.1 Å². The maximum atomic E-state index is 12.6. The number of carbonyl (C=O) groups is 1. The first-order valence-corrected chi connectivity index (χ1v) is 10.6. The van der Waals surface area contributed by atoms with Gasteiger partial charge in [-0.1, -0.05) is 13.8 Å². The Morgan fingerprint density at radius 2 is 1.93 bits per heavy atom. The molecule has 0 saturated heterocycles. The molecular formula is C19H23Br2N5O2. The number of halogens is 2. The van der Waals surface area contributed by atoms with E-state index >= 15 is 0 Å². The molecule has 0 radical (unpaired) electrons. The molecule has 0 fully saturated rings. The molecule has 1 aliphatic heterocycles. The third kappa shape index (κ3) is 4.10. The molecule has 0 spiro atoms. The Bertz CT molecular complexity index is 883. The van der Waals surface area contributed by atoms with Crippen molar-refractivity contribution >= 4 is 60.9 Å². The number of phenolic OH excluding ortho intramolecular Hbond substituents is 1. The summed E-state index contributed by atoms with van der Waals surface area (Å²) in [7, 11) is 1.75. The van der Waals surface area contributed by atoms with Gasteiger partial charge in [0.15, 0.2) is 5.82 Å². The van der Waals surface area contributed by atoms with Crippen LogP contribution in [0.3, 0.4) is 0 Å². The molecule has 0 saturated carbocycles. The maximum absolute atomic E-state index is 12.6. The average molecular weight is 513 g/mol. The Balaban J connectivity index is 1.96. The number of likely N-dealkylation sites (N-methyl/N-ethyl adjacent to an activating group) is 1. The van der Waals surface area contributed by atoms with E-state index in [0.29, 0.717) is 26.5 Å². The second kappa shape index (κ2) is 8.24. The molecular weight excluding hydrogens is 490 g/mol. The number of benzene rings is 1. The van der Waals surface area contributed by atoms with Crippen molar-refractivity contribution in [1.82, 2.24) is 9.97 Å². The molecule has 28 heavy (non-hydrogen) atoms. The Morgan fingerprint density at radius 1 is 1.29 bits per heavy atom. The molecule has 1 aromatic carbocycles. The molecule has 1 aromatic heterocycles. The SMILES string of the molecule is CC(C)CCN1c2nc(Nc3cc(Br)c(O)c(Br)c3)ncc2N(C)C(=O)C1C. The number of phenols is 1. The minimum absolute atomic E-state index is 0.0342.